The number of carboxylic acid groups (broad SMARTS) is 1. The Morgan fingerprint density at radius 1 is 1.11 bits per heavy atom. The smallest absolute Gasteiger partial charge is 0.318 e. The van der Waals surface area contributed by atoms with Crippen molar-refractivity contribution in [1.82, 2.24) is 9.78 Å². The van der Waals surface area contributed by atoms with Gasteiger partial charge in [0.2, 0.25) is 0 Å². The van der Waals surface area contributed by atoms with Gasteiger partial charge in [0, 0.05) is 17.3 Å². The van der Waals surface area contributed by atoms with Gasteiger partial charge < -0.3 is 9.84 Å². The van der Waals surface area contributed by atoms with Crippen LogP contribution in [0.3, 0.4) is 0 Å². The molecule has 0 fully saturated rings. The van der Waals surface area contributed by atoms with E-state index in [0.717, 1.165) is 5.69 Å². The van der Waals surface area contributed by atoms with Crippen LogP contribution < -0.4 is 4.74 Å². The topological polar surface area (TPSA) is 98.5 Å². The molecule has 0 aliphatic heterocycles. The highest BCUT2D eigenvalue weighted by Gasteiger charge is 2.22. The molecule has 0 aliphatic carbocycles. The number of hydrogen-bond donors (Lipinski definition) is 1. The Morgan fingerprint density at radius 3 is 2.37 bits per heavy atom. The van der Waals surface area contributed by atoms with Crippen molar-refractivity contribution in [2.75, 3.05) is 12.9 Å². The molecule has 8 heteroatoms. The number of carboxylic acids is 1. The predicted molar refractivity (Wildman–Crippen MR) is 101 cm³/mol. The van der Waals surface area contributed by atoms with Gasteiger partial charge in [0.05, 0.1) is 24.2 Å². The van der Waals surface area contributed by atoms with Crippen LogP contribution in [0.4, 0.5) is 0 Å². The summed E-state index contributed by atoms with van der Waals surface area (Å²) < 4.78 is 31.1. The van der Waals surface area contributed by atoms with Gasteiger partial charge in [0.1, 0.15) is 11.5 Å². The van der Waals surface area contributed by atoms with E-state index in [-0.39, 0.29) is 0 Å². The normalized spacial score (nSPS) is 11.3. The Balaban J connectivity index is 2.06. The van der Waals surface area contributed by atoms with Gasteiger partial charge in [-0.15, -0.1) is 0 Å². The number of ether oxygens (including phenoxy) is 1. The second-order valence-corrected chi connectivity index (χ2v) is 8.00. The van der Waals surface area contributed by atoms with Crippen LogP contribution in [0, 0.1) is 0 Å². The number of sulfone groups is 1. The minimum atomic E-state index is -3.82. The van der Waals surface area contributed by atoms with Gasteiger partial charge >= 0.3 is 5.97 Å². The largest absolute Gasteiger partial charge is 0.497 e. The van der Waals surface area contributed by atoms with Crippen LogP contribution in [0.1, 0.15) is 5.56 Å². The van der Waals surface area contributed by atoms with Crippen molar-refractivity contribution < 1.29 is 23.1 Å². The van der Waals surface area contributed by atoms with Gasteiger partial charge in [0.25, 0.3) is 0 Å². The van der Waals surface area contributed by atoms with Crippen molar-refractivity contribution >= 4 is 15.8 Å². The Hall–Kier alpha value is -3.13. The third-order valence-corrected chi connectivity index (χ3v) is 5.33. The molecular formula is C19H18N2O5S. The Bertz CT molecular complexity index is 1040. The minimum Gasteiger partial charge on any atom is -0.497 e. The van der Waals surface area contributed by atoms with Crippen LogP contribution in [0.2, 0.25) is 0 Å². The first-order valence-electron chi connectivity index (χ1n) is 8.08. The minimum absolute atomic E-state index is 0.409. The highest BCUT2D eigenvalue weighted by Crippen LogP contribution is 2.27. The van der Waals surface area contributed by atoms with E-state index in [4.69, 9.17) is 9.84 Å². The number of nitrogens with zero attached hydrogens (tertiary/aromatic N) is 2. The summed E-state index contributed by atoms with van der Waals surface area (Å²) in [5, 5.41) is 13.4. The van der Waals surface area contributed by atoms with E-state index in [2.05, 4.69) is 5.10 Å². The lowest BCUT2D eigenvalue weighted by atomic mass is 10.1. The molecule has 0 saturated heterocycles. The molecule has 140 valence electrons. The molecule has 0 radical (unpaired) electrons. The molecule has 0 amide bonds. The molecule has 3 rings (SSSR count). The predicted octanol–water partition coefficient (Wildman–Crippen LogP) is 2.55. The fourth-order valence-electron chi connectivity index (χ4n) is 2.70. The quantitative estimate of drug-likeness (QED) is 0.670. The van der Waals surface area contributed by atoms with Crippen LogP contribution in [0.5, 0.6) is 5.75 Å². The van der Waals surface area contributed by atoms with Gasteiger partial charge in [-0.25, -0.2) is 13.1 Å². The van der Waals surface area contributed by atoms with E-state index in [0.29, 0.717) is 22.6 Å². The van der Waals surface area contributed by atoms with Crippen molar-refractivity contribution in [1.29, 1.82) is 0 Å². The van der Waals surface area contributed by atoms with Crippen molar-refractivity contribution in [3.05, 3.63) is 66.4 Å². The summed E-state index contributed by atoms with van der Waals surface area (Å²) in [5.74, 6) is -2.04. The Kier molecular flexibility index (Phi) is 5.27. The van der Waals surface area contributed by atoms with E-state index in [1.165, 1.54) is 0 Å². The van der Waals surface area contributed by atoms with Crippen molar-refractivity contribution in [3.8, 4) is 22.7 Å². The zero-order valence-electron chi connectivity index (χ0n) is 14.6. The molecule has 0 atom stereocenters. The van der Waals surface area contributed by atoms with Crippen molar-refractivity contribution in [2.45, 2.75) is 5.75 Å². The van der Waals surface area contributed by atoms with Gasteiger partial charge in [-0.2, -0.15) is 5.10 Å². The highest BCUT2D eigenvalue weighted by molar-refractivity contribution is 7.91. The number of methoxy groups -OCH3 is 1. The van der Waals surface area contributed by atoms with Gasteiger partial charge in [-0.05, 0) is 36.4 Å². The van der Waals surface area contributed by atoms with Crippen molar-refractivity contribution in [3.63, 3.8) is 0 Å². The molecule has 0 unspecified atom stereocenters. The summed E-state index contributed by atoms with van der Waals surface area (Å²) in [7, 11) is -2.27. The van der Waals surface area contributed by atoms with Crippen LogP contribution in [0.15, 0.2) is 60.8 Å². The third kappa shape index (κ3) is 4.53. The van der Waals surface area contributed by atoms with Gasteiger partial charge in [-0.1, -0.05) is 18.2 Å². The molecule has 1 N–H and O–H groups in total. The molecule has 0 spiro atoms. The summed E-state index contributed by atoms with van der Waals surface area (Å²) >= 11 is 0. The second kappa shape index (κ2) is 7.63. The van der Waals surface area contributed by atoms with E-state index >= 15 is 0 Å². The fourth-order valence-corrected chi connectivity index (χ4v) is 3.86. The molecule has 27 heavy (non-hydrogen) atoms. The Labute approximate surface area is 156 Å². The summed E-state index contributed by atoms with van der Waals surface area (Å²) in [6, 6.07) is 16.3. The first-order valence-corrected chi connectivity index (χ1v) is 9.91. The average Bonchev–Trinajstić information content (AvgIpc) is 3.04. The molecule has 3 aromatic rings. The van der Waals surface area contributed by atoms with E-state index in [1.54, 1.807) is 42.3 Å². The summed E-state index contributed by atoms with van der Waals surface area (Å²) in [6.07, 6.45) is 1.62. The molecule has 0 saturated carbocycles. The summed E-state index contributed by atoms with van der Waals surface area (Å²) in [4.78, 5) is 10.8. The lowest BCUT2D eigenvalue weighted by Gasteiger charge is -2.04. The monoisotopic (exact) mass is 386 g/mol. The van der Waals surface area contributed by atoms with Crippen LogP contribution in [-0.4, -0.2) is 42.1 Å². The molecule has 0 aliphatic rings. The zero-order chi connectivity index (χ0) is 19.4. The Morgan fingerprint density at radius 2 is 1.78 bits per heavy atom. The standard InChI is InChI=1S/C19H18N2O5S/c1-26-17-9-7-14(8-10-17)19-15(12-27(24,25)13-18(22)23)11-21(20-19)16-5-3-2-4-6-16/h2-11H,12-13H2,1H3,(H,22,23). The number of rotatable bonds is 7. The van der Waals surface area contributed by atoms with Gasteiger partial charge in [0.15, 0.2) is 9.84 Å². The molecule has 1 heterocycles. The first-order chi connectivity index (χ1) is 12.9. The second-order valence-electron chi connectivity index (χ2n) is 5.94. The zero-order valence-corrected chi connectivity index (χ0v) is 15.4. The highest BCUT2D eigenvalue weighted by atomic mass is 32.2. The lowest BCUT2D eigenvalue weighted by molar-refractivity contribution is -0.134. The number of carbonyl (C=O) groups is 1. The SMILES string of the molecule is COc1ccc(-c2nn(-c3ccccc3)cc2CS(=O)(=O)CC(=O)O)cc1. The lowest BCUT2D eigenvalue weighted by Crippen LogP contribution is -2.17. The van der Waals surface area contributed by atoms with Crippen LogP contribution in [0.25, 0.3) is 16.9 Å². The van der Waals surface area contributed by atoms with E-state index < -0.39 is 27.3 Å². The van der Waals surface area contributed by atoms with Crippen molar-refractivity contribution in [2.24, 2.45) is 0 Å². The van der Waals surface area contributed by atoms with Crippen LogP contribution in [-0.2, 0) is 20.4 Å². The molecule has 7 nitrogen and oxygen atoms in total. The summed E-state index contributed by atoms with van der Waals surface area (Å²) in [5.41, 5.74) is 2.40. The number of aromatic nitrogens is 2. The fraction of sp³-hybridized carbons (Fsp3) is 0.158. The first kappa shape index (κ1) is 18.7. The van der Waals surface area contributed by atoms with E-state index in [1.807, 2.05) is 30.3 Å². The number of para-hydroxylation sites is 1. The maximum Gasteiger partial charge on any atom is 0.318 e. The molecular weight excluding hydrogens is 368 g/mol. The maximum atomic E-state index is 12.2. The summed E-state index contributed by atoms with van der Waals surface area (Å²) in [6.45, 7) is 0. The number of benzene rings is 2. The third-order valence-electron chi connectivity index (χ3n) is 3.89. The maximum absolute atomic E-state index is 12.2. The van der Waals surface area contributed by atoms with Crippen LogP contribution >= 0.6 is 0 Å². The van der Waals surface area contributed by atoms with Gasteiger partial charge in [-0.3, -0.25) is 4.79 Å². The molecule has 1 aromatic heterocycles. The molecule has 2 aromatic carbocycles. The number of hydrogen-bond acceptors (Lipinski definition) is 5. The van der Waals surface area contributed by atoms with E-state index in [9.17, 15) is 13.2 Å². The average molecular weight is 386 g/mol. The number of aliphatic carboxylic acids is 1. The molecule has 0 bridgehead atoms.